The lowest BCUT2D eigenvalue weighted by molar-refractivity contribution is -0.0568. The van der Waals surface area contributed by atoms with Gasteiger partial charge in [-0.15, -0.1) is 0 Å². The third kappa shape index (κ3) is 37.9. The summed E-state index contributed by atoms with van der Waals surface area (Å²) in [7, 11) is 6.56. The Morgan fingerprint density at radius 2 is 0.431 bits per heavy atom. The largest absolute Gasteiger partial charge is 0.493 e. The molecule has 25 heteroatoms. The Labute approximate surface area is 642 Å². The minimum absolute atomic E-state index is 0.143. The number of methoxy groups -OCH3 is 4. The van der Waals surface area contributed by atoms with E-state index in [0.29, 0.717) is 238 Å². The van der Waals surface area contributed by atoms with Crippen LogP contribution in [-0.4, -0.2) is 246 Å². The summed E-state index contributed by atoms with van der Waals surface area (Å²) in [4.78, 5) is 0. The molecule has 0 saturated heterocycles. The van der Waals surface area contributed by atoms with Crippen LogP contribution in [0.15, 0.2) is 184 Å². The topological polar surface area (TPSA) is 272 Å². The maximum Gasteiger partial charge on any atom is 0.120 e. The summed E-state index contributed by atoms with van der Waals surface area (Å²) in [5.41, 5.74) is 11.6. The van der Waals surface area contributed by atoms with Crippen molar-refractivity contribution in [3.63, 3.8) is 0 Å². The Bertz CT molecular complexity index is 3340. The van der Waals surface area contributed by atoms with Gasteiger partial charge < -0.3 is 90.0 Å². The van der Waals surface area contributed by atoms with Crippen molar-refractivity contribution in [3.8, 4) is 62.4 Å². The Balaban J connectivity index is 1.10. The maximum absolute atomic E-state index is 9.27. The zero-order chi connectivity index (χ0) is 76.5. The molecule has 0 bridgehead atoms. The summed E-state index contributed by atoms with van der Waals surface area (Å²) >= 11 is 0. The standard InChI is InChI=1S/C84H108N6O19/c1-91-29-33-95-37-41-99-45-49-103-58-69(59-104-50-46-100-42-38-96-34-30-92-2)62-107-64-71(65-108-63-70(60-105-51-47-101-43-39-97-35-31-93-3)61-106-52-48-102-44-40-98-36-32-94-4)66-109-84-54-78(76-17-25-82(26-18-76)89-87-80-21-13-74(14-22-80)72-9-5-67(56-85)6-10-72)53-79(55-84)77-19-27-83(28-20-77)90-88-81-23-15-75(16-24-81)73-11-7-68(57-86)8-12-73/h5-28,53-55,69-71H,29-52,58-66H2,1-4H3. The minimum atomic E-state index is -0.274. The van der Waals surface area contributed by atoms with Crippen molar-refractivity contribution in [3.05, 3.63) is 175 Å². The van der Waals surface area contributed by atoms with Crippen molar-refractivity contribution in [2.45, 2.75) is 0 Å². The van der Waals surface area contributed by atoms with Crippen LogP contribution in [0.2, 0.25) is 0 Å². The van der Waals surface area contributed by atoms with Gasteiger partial charge in [0.05, 0.1) is 264 Å². The maximum atomic E-state index is 9.27. The summed E-state index contributed by atoms with van der Waals surface area (Å²) in [6.45, 7) is 13.5. The molecule has 0 unspecified atom stereocenters. The van der Waals surface area contributed by atoms with Gasteiger partial charge in [-0.25, -0.2) is 0 Å². The van der Waals surface area contributed by atoms with Crippen molar-refractivity contribution in [2.75, 3.05) is 246 Å². The van der Waals surface area contributed by atoms with Crippen LogP contribution in [0.4, 0.5) is 22.7 Å². The number of hydrogen-bond acceptors (Lipinski definition) is 25. The molecule has 0 atom stereocenters. The fraction of sp³-hybridized carbons (Fsp3) is 0.476. The smallest absolute Gasteiger partial charge is 0.120 e. The van der Waals surface area contributed by atoms with Crippen molar-refractivity contribution >= 4 is 22.7 Å². The van der Waals surface area contributed by atoms with Gasteiger partial charge in [0.25, 0.3) is 0 Å². The number of rotatable bonds is 63. The predicted molar refractivity (Wildman–Crippen MR) is 414 cm³/mol. The SMILES string of the molecule is COCCOCCOCCOCC(COCCOCCOCCOC)COCC(COCC(COCCOCCOCCOC)COCCOCCOCCOC)COc1cc(-c2ccc(N=Nc3ccc(-c4ccc(C#N)cc4)cc3)cc2)cc(-c2ccc(N=Nc3ccc(-c4ccc(C#N)cc4)cc3)cc2)c1. The van der Waals surface area contributed by atoms with E-state index in [2.05, 4.69) is 38.7 Å². The van der Waals surface area contributed by atoms with Crippen LogP contribution in [0.3, 0.4) is 0 Å². The first kappa shape index (κ1) is 88.0. The number of azo groups is 2. The molecule has 0 heterocycles. The first-order valence-corrected chi connectivity index (χ1v) is 36.9. The van der Waals surface area contributed by atoms with Gasteiger partial charge in [-0.2, -0.15) is 31.0 Å². The molecular weight excluding hydrogens is 1400 g/mol. The second-order valence-corrected chi connectivity index (χ2v) is 24.9. The molecule has 109 heavy (non-hydrogen) atoms. The summed E-state index contributed by atoms with van der Waals surface area (Å²) in [6.07, 6.45) is 0. The van der Waals surface area contributed by atoms with Gasteiger partial charge in [0.15, 0.2) is 0 Å². The molecule has 0 spiro atoms. The number of nitriles is 2. The quantitative estimate of drug-likeness (QED) is 0.0253. The second-order valence-electron chi connectivity index (χ2n) is 24.9. The van der Waals surface area contributed by atoms with Crippen molar-refractivity contribution in [1.82, 2.24) is 0 Å². The molecular formula is C84H108N6O19. The van der Waals surface area contributed by atoms with Crippen LogP contribution in [0.1, 0.15) is 11.1 Å². The number of ether oxygens (including phenoxy) is 19. The fourth-order valence-electron chi connectivity index (χ4n) is 10.4. The number of nitrogens with zero attached hydrogens (tertiary/aromatic N) is 6. The highest BCUT2D eigenvalue weighted by atomic mass is 16.6. The number of hydrogen-bond donors (Lipinski definition) is 0. The molecule has 0 aliphatic carbocycles. The second kappa shape index (κ2) is 56.9. The molecule has 0 N–H and O–H groups in total. The molecule has 0 radical (unpaired) electrons. The molecule has 0 aliphatic heterocycles. The van der Waals surface area contributed by atoms with Crippen LogP contribution in [0, 0.1) is 40.4 Å². The van der Waals surface area contributed by atoms with Crippen molar-refractivity contribution in [1.29, 1.82) is 10.5 Å². The Hall–Kier alpha value is -8.20. The lowest BCUT2D eigenvalue weighted by Gasteiger charge is -2.23. The van der Waals surface area contributed by atoms with E-state index in [1.807, 2.05) is 133 Å². The summed E-state index contributed by atoms with van der Waals surface area (Å²) in [5, 5.41) is 36.8. The highest BCUT2D eigenvalue weighted by molar-refractivity contribution is 5.76. The molecule has 25 nitrogen and oxygen atoms in total. The van der Waals surface area contributed by atoms with E-state index in [1.165, 1.54) is 0 Å². The molecule has 0 aliphatic rings. The summed E-state index contributed by atoms with van der Waals surface area (Å²) in [5.74, 6) is 0.0630. The molecule has 0 amide bonds. The Kier molecular flexibility index (Phi) is 46.0. The van der Waals surface area contributed by atoms with E-state index >= 15 is 0 Å². The van der Waals surface area contributed by atoms with Gasteiger partial charge in [-0.05, 0) is 136 Å². The molecule has 588 valence electrons. The third-order valence-electron chi connectivity index (χ3n) is 16.3. The number of benzene rings is 7. The summed E-state index contributed by atoms with van der Waals surface area (Å²) < 4.78 is 110. The first-order chi connectivity index (χ1) is 53.9. The Morgan fingerprint density at radius 3 is 0.670 bits per heavy atom. The highest BCUT2D eigenvalue weighted by Gasteiger charge is 2.19. The van der Waals surface area contributed by atoms with Gasteiger partial charge in [-0.1, -0.05) is 72.8 Å². The van der Waals surface area contributed by atoms with E-state index in [9.17, 15) is 10.5 Å². The van der Waals surface area contributed by atoms with E-state index in [1.54, 1.807) is 52.7 Å². The highest BCUT2D eigenvalue weighted by Crippen LogP contribution is 2.35. The average molecular weight is 1510 g/mol. The van der Waals surface area contributed by atoms with E-state index in [-0.39, 0.29) is 37.6 Å². The van der Waals surface area contributed by atoms with Crippen molar-refractivity contribution in [2.24, 2.45) is 38.2 Å². The molecule has 7 aromatic carbocycles. The zero-order valence-corrected chi connectivity index (χ0v) is 63.6. The van der Waals surface area contributed by atoms with Gasteiger partial charge in [-0.3, -0.25) is 0 Å². The molecule has 0 fully saturated rings. The Morgan fingerprint density at radius 1 is 0.229 bits per heavy atom. The van der Waals surface area contributed by atoms with Gasteiger partial charge >= 0.3 is 0 Å². The van der Waals surface area contributed by atoms with E-state index in [0.717, 1.165) is 44.5 Å². The van der Waals surface area contributed by atoms with Gasteiger partial charge in [0, 0.05) is 46.2 Å². The molecule has 0 aromatic heterocycles. The lowest BCUT2D eigenvalue weighted by atomic mass is 9.98. The lowest BCUT2D eigenvalue weighted by Crippen LogP contribution is -2.30. The van der Waals surface area contributed by atoms with Gasteiger partial charge in [0.1, 0.15) is 5.75 Å². The monoisotopic (exact) mass is 1500 g/mol. The van der Waals surface area contributed by atoms with Crippen LogP contribution < -0.4 is 4.74 Å². The van der Waals surface area contributed by atoms with Gasteiger partial charge in [0.2, 0.25) is 0 Å². The minimum Gasteiger partial charge on any atom is -0.493 e. The first-order valence-electron chi connectivity index (χ1n) is 36.9. The molecule has 7 rings (SSSR count). The van der Waals surface area contributed by atoms with E-state index < -0.39 is 0 Å². The van der Waals surface area contributed by atoms with Crippen molar-refractivity contribution < 1.29 is 90.0 Å². The normalized spacial score (nSPS) is 11.7. The average Bonchev–Trinajstić information content (AvgIpc) is 0.817. The molecule has 0 saturated carbocycles. The van der Waals surface area contributed by atoms with Crippen LogP contribution in [0.25, 0.3) is 44.5 Å². The van der Waals surface area contributed by atoms with Crippen LogP contribution in [-0.2, 0) is 85.3 Å². The van der Waals surface area contributed by atoms with Crippen LogP contribution in [0.5, 0.6) is 5.75 Å². The fourth-order valence-corrected chi connectivity index (χ4v) is 10.4. The zero-order valence-electron chi connectivity index (χ0n) is 63.6. The van der Waals surface area contributed by atoms with Crippen LogP contribution >= 0.6 is 0 Å². The molecule has 7 aromatic rings. The predicted octanol–water partition coefficient (Wildman–Crippen LogP) is 14.0. The third-order valence-corrected chi connectivity index (χ3v) is 16.3. The summed E-state index contributed by atoms with van der Waals surface area (Å²) in [6, 6.07) is 57.0. The van der Waals surface area contributed by atoms with E-state index in [4.69, 9.17) is 90.0 Å².